The molecule has 0 spiro atoms. The highest BCUT2D eigenvalue weighted by Crippen LogP contribution is 2.42. The highest BCUT2D eigenvalue weighted by atomic mass is 32.1. The van der Waals surface area contributed by atoms with E-state index in [0.29, 0.717) is 5.95 Å². The van der Waals surface area contributed by atoms with Gasteiger partial charge in [-0.15, -0.1) is 11.3 Å². The topological polar surface area (TPSA) is 30.7 Å². The molecular weight excluding hydrogens is 506 g/mol. The third kappa shape index (κ3) is 3.05. The first-order chi connectivity index (χ1) is 19.8. The van der Waals surface area contributed by atoms with E-state index in [-0.39, 0.29) is 0 Å². The second-order valence-electron chi connectivity index (χ2n) is 10.3. The molecule has 0 aliphatic heterocycles. The number of thiophene rings is 1. The van der Waals surface area contributed by atoms with Crippen molar-refractivity contribution in [2.75, 3.05) is 0 Å². The second-order valence-corrected chi connectivity index (χ2v) is 11.3. The Kier molecular flexibility index (Phi) is 4.48. The summed E-state index contributed by atoms with van der Waals surface area (Å²) in [4.78, 5) is 9.74. The van der Waals surface area contributed by atoms with Crippen molar-refractivity contribution >= 4 is 75.0 Å². The maximum absolute atomic E-state index is 4.95. The Bertz CT molecular complexity index is 2450. The van der Waals surface area contributed by atoms with Crippen LogP contribution in [0.15, 0.2) is 128 Å². The zero-order valence-electron chi connectivity index (χ0n) is 21.4. The van der Waals surface area contributed by atoms with E-state index in [1.165, 1.54) is 52.8 Å². The molecule has 186 valence electrons. The van der Waals surface area contributed by atoms with E-state index in [1.807, 2.05) is 35.7 Å². The molecule has 3 heterocycles. The summed E-state index contributed by atoms with van der Waals surface area (Å²) >= 11 is 1.88. The summed E-state index contributed by atoms with van der Waals surface area (Å²) in [6, 6.07) is 43.4. The SMILES string of the molecule is c1ccc2nc(-n3c4ccccc4c4c5ccc(-c6cccc7c6sc6ccccc67)cc5ccc43)ncc2c1. The van der Waals surface area contributed by atoms with Gasteiger partial charge in [-0.3, -0.25) is 4.57 Å². The molecule has 0 unspecified atom stereocenters. The molecule has 9 aromatic rings. The lowest BCUT2D eigenvalue weighted by molar-refractivity contribution is 1.01. The van der Waals surface area contributed by atoms with Crippen LogP contribution in [0.5, 0.6) is 0 Å². The largest absolute Gasteiger partial charge is 0.278 e. The van der Waals surface area contributed by atoms with Crippen LogP contribution < -0.4 is 0 Å². The van der Waals surface area contributed by atoms with Gasteiger partial charge in [-0.25, -0.2) is 9.97 Å². The van der Waals surface area contributed by atoms with E-state index in [9.17, 15) is 0 Å². The van der Waals surface area contributed by atoms with Crippen LogP contribution in [0.3, 0.4) is 0 Å². The molecular formula is C36H21N3S. The summed E-state index contributed by atoms with van der Waals surface area (Å²) in [5, 5.41) is 8.60. The van der Waals surface area contributed by atoms with Crippen molar-refractivity contribution in [2.24, 2.45) is 0 Å². The minimum atomic E-state index is 0.692. The van der Waals surface area contributed by atoms with Crippen molar-refractivity contribution in [3.8, 4) is 17.1 Å². The van der Waals surface area contributed by atoms with Gasteiger partial charge in [0.15, 0.2) is 0 Å². The fourth-order valence-corrected chi connectivity index (χ4v) is 7.46. The molecule has 0 saturated carbocycles. The second kappa shape index (κ2) is 8.22. The van der Waals surface area contributed by atoms with Crippen LogP contribution in [-0.4, -0.2) is 14.5 Å². The Morgan fingerprint density at radius 2 is 1.40 bits per heavy atom. The molecule has 0 atom stereocenters. The average molecular weight is 528 g/mol. The summed E-state index contributed by atoms with van der Waals surface area (Å²) in [5.74, 6) is 0.692. The number of hydrogen-bond acceptors (Lipinski definition) is 3. The third-order valence-electron chi connectivity index (χ3n) is 8.04. The van der Waals surface area contributed by atoms with Gasteiger partial charge in [0.25, 0.3) is 0 Å². The van der Waals surface area contributed by atoms with E-state index in [2.05, 4.69) is 108 Å². The van der Waals surface area contributed by atoms with Gasteiger partial charge in [-0.05, 0) is 52.2 Å². The van der Waals surface area contributed by atoms with Crippen LogP contribution in [0.4, 0.5) is 0 Å². The van der Waals surface area contributed by atoms with Gasteiger partial charge in [0.1, 0.15) is 0 Å². The van der Waals surface area contributed by atoms with E-state index in [4.69, 9.17) is 9.97 Å². The number of fused-ring (bicyclic) bond motifs is 9. The van der Waals surface area contributed by atoms with E-state index >= 15 is 0 Å². The van der Waals surface area contributed by atoms with E-state index in [1.54, 1.807) is 0 Å². The first-order valence-corrected chi connectivity index (χ1v) is 14.2. The van der Waals surface area contributed by atoms with Crippen LogP contribution >= 0.6 is 11.3 Å². The van der Waals surface area contributed by atoms with Crippen molar-refractivity contribution in [1.82, 2.24) is 14.5 Å². The molecule has 0 bridgehead atoms. The molecule has 6 aromatic carbocycles. The predicted molar refractivity (Wildman–Crippen MR) is 170 cm³/mol. The smallest absolute Gasteiger partial charge is 0.235 e. The zero-order valence-corrected chi connectivity index (χ0v) is 22.2. The van der Waals surface area contributed by atoms with Gasteiger partial charge in [0.05, 0.1) is 16.6 Å². The standard InChI is InChI=1S/C36H21N3S/c1-4-13-30-24(8-1)21-37-36(38-30)39-31-14-5-2-10-29(31)34-25-18-16-23(20-22(25)17-19-32(34)39)26-11-7-12-28-27-9-3-6-15-33(27)40-35(26)28/h1-21H. The predicted octanol–water partition coefficient (Wildman–Crippen LogP) is 9.91. The Morgan fingerprint density at radius 1 is 0.575 bits per heavy atom. The molecule has 3 aromatic heterocycles. The highest BCUT2D eigenvalue weighted by Gasteiger charge is 2.17. The van der Waals surface area contributed by atoms with Crippen molar-refractivity contribution in [2.45, 2.75) is 0 Å². The molecule has 4 heteroatoms. The number of hydrogen-bond donors (Lipinski definition) is 0. The lowest BCUT2D eigenvalue weighted by atomic mass is 9.97. The molecule has 0 aliphatic carbocycles. The molecule has 0 saturated heterocycles. The Hall–Kier alpha value is -5.06. The molecule has 0 aliphatic rings. The number of aromatic nitrogens is 3. The van der Waals surface area contributed by atoms with Crippen molar-refractivity contribution in [3.05, 3.63) is 128 Å². The molecule has 0 amide bonds. The Balaban J connectivity index is 1.30. The minimum absolute atomic E-state index is 0.692. The minimum Gasteiger partial charge on any atom is -0.278 e. The van der Waals surface area contributed by atoms with Crippen molar-refractivity contribution in [3.63, 3.8) is 0 Å². The van der Waals surface area contributed by atoms with Crippen LogP contribution in [0, 0.1) is 0 Å². The Morgan fingerprint density at radius 3 is 2.38 bits per heavy atom. The van der Waals surface area contributed by atoms with Gasteiger partial charge in [-0.1, -0.05) is 91.0 Å². The number of benzene rings is 6. The van der Waals surface area contributed by atoms with Gasteiger partial charge >= 0.3 is 0 Å². The molecule has 9 rings (SSSR count). The first kappa shape index (κ1) is 21.8. The van der Waals surface area contributed by atoms with Gasteiger partial charge < -0.3 is 0 Å². The van der Waals surface area contributed by atoms with Gasteiger partial charge in [0, 0.05) is 42.5 Å². The number of para-hydroxylation sites is 2. The van der Waals surface area contributed by atoms with Crippen molar-refractivity contribution < 1.29 is 0 Å². The van der Waals surface area contributed by atoms with Gasteiger partial charge in [-0.2, -0.15) is 0 Å². The maximum atomic E-state index is 4.95. The van der Waals surface area contributed by atoms with E-state index < -0.39 is 0 Å². The lowest BCUT2D eigenvalue weighted by Gasteiger charge is -2.09. The van der Waals surface area contributed by atoms with Gasteiger partial charge in [0.2, 0.25) is 5.95 Å². The molecule has 0 fully saturated rings. The third-order valence-corrected chi connectivity index (χ3v) is 9.26. The first-order valence-electron chi connectivity index (χ1n) is 13.4. The summed E-state index contributed by atoms with van der Waals surface area (Å²) in [5.41, 5.74) is 5.69. The van der Waals surface area contributed by atoms with E-state index in [0.717, 1.165) is 21.9 Å². The molecule has 40 heavy (non-hydrogen) atoms. The Labute approximate surface area is 233 Å². The highest BCUT2D eigenvalue weighted by molar-refractivity contribution is 7.26. The maximum Gasteiger partial charge on any atom is 0.235 e. The normalized spacial score (nSPS) is 12.0. The zero-order chi connectivity index (χ0) is 26.2. The summed E-state index contributed by atoms with van der Waals surface area (Å²) in [7, 11) is 0. The summed E-state index contributed by atoms with van der Waals surface area (Å²) in [6.45, 7) is 0. The van der Waals surface area contributed by atoms with Crippen LogP contribution in [0.25, 0.3) is 80.7 Å². The number of nitrogens with zero attached hydrogens (tertiary/aromatic N) is 3. The van der Waals surface area contributed by atoms with Crippen LogP contribution in [0.2, 0.25) is 0 Å². The molecule has 0 N–H and O–H groups in total. The fourth-order valence-electron chi connectivity index (χ4n) is 6.23. The van der Waals surface area contributed by atoms with Crippen molar-refractivity contribution in [1.29, 1.82) is 0 Å². The van der Waals surface area contributed by atoms with Crippen LogP contribution in [-0.2, 0) is 0 Å². The quantitative estimate of drug-likeness (QED) is 0.224. The molecule has 0 radical (unpaired) electrons. The summed E-state index contributed by atoms with van der Waals surface area (Å²) in [6.07, 6.45) is 1.92. The number of rotatable bonds is 2. The average Bonchev–Trinajstić information content (AvgIpc) is 3.57. The lowest BCUT2D eigenvalue weighted by Crippen LogP contribution is -2.00. The fraction of sp³-hybridized carbons (Fsp3) is 0. The monoisotopic (exact) mass is 527 g/mol. The summed E-state index contributed by atoms with van der Waals surface area (Å²) < 4.78 is 4.87. The van der Waals surface area contributed by atoms with Crippen LogP contribution in [0.1, 0.15) is 0 Å². The molecule has 3 nitrogen and oxygen atoms in total.